The van der Waals surface area contributed by atoms with Crippen LogP contribution in [0.1, 0.15) is 17.9 Å². The number of furan rings is 1. The van der Waals surface area contributed by atoms with E-state index in [1.54, 1.807) is 0 Å². The van der Waals surface area contributed by atoms with Crippen molar-refractivity contribution >= 4 is 76.1 Å². The highest BCUT2D eigenvalue weighted by molar-refractivity contribution is 6.25. The van der Waals surface area contributed by atoms with Gasteiger partial charge >= 0.3 is 0 Å². The summed E-state index contributed by atoms with van der Waals surface area (Å²) in [5.74, 6) is 2.20. The molecule has 1 aliphatic carbocycles. The minimum atomic E-state index is 0.250. The molecule has 0 aliphatic heterocycles. The summed E-state index contributed by atoms with van der Waals surface area (Å²) in [5.41, 5.74) is 9.12. The van der Waals surface area contributed by atoms with Crippen LogP contribution in [0.15, 0.2) is 205 Å². The molecular formula is C57H36N4O. The average Bonchev–Trinajstić information content (AvgIpc) is 3.89. The second-order valence-corrected chi connectivity index (χ2v) is 16.3. The molecule has 5 heteroatoms. The van der Waals surface area contributed by atoms with Crippen LogP contribution in [0.4, 0.5) is 0 Å². The van der Waals surface area contributed by atoms with Crippen LogP contribution in [0.3, 0.4) is 0 Å². The van der Waals surface area contributed by atoms with Gasteiger partial charge in [-0.1, -0.05) is 164 Å². The van der Waals surface area contributed by atoms with Gasteiger partial charge < -0.3 is 8.98 Å². The van der Waals surface area contributed by atoms with Gasteiger partial charge in [0.25, 0.3) is 0 Å². The van der Waals surface area contributed by atoms with Crippen molar-refractivity contribution in [2.24, 2.45) is 0 Å². The van der Waals surface area contributed by atoms with E-state index in [2.05, 4.69) is 187 Å². The van der Waals surface area contributed by atoms with Crippen molar-refractivity contribution in [3.8, 4) is 39.9 Å². The highest BCUT2D eigenvalue weighted by atomic mass is 16.3. The van der Waals surface area contributed by atoms with Crippen molar-refractivity contribution in [3.05, 3.63) is 206 Å². The molecular weight excluding hydrogens is 757 g/mol. The first kappa shape index (κ1) is 34.7. The number of fused-ring (bicyclic) bond motifs is 11. The summed E-state index contributed by atoms with van der Waals surface area (Å²) < 4.78 is 9.33. The molecule has 0 N–H and O–H groups in total. The third-order valence-electron chi connectivity index (χ3n) is 12.7. The molecule has 0 saturated heterocycles. The van der Waals surface area contributed by atoms with Crippen LogP contribution in [-0.2, 0) is 0 Å². The molecule has 62 heavy (non-hydrogen) atoms. The van der Waals surface area contributed by atoms with Gasteiger partial charge in [0.15, 0.2) is 23.1 Å². The number of nitrogens with zero attached hydrogens (tertiary/aromatic N) is 4. The summed E-state index contributed by atoms with van der Waals surface area (Å²) in [5, 5.41) is 11.7. The van der Waals surface area contributed by atoms with Crippen LogP contribution in [0.2, 0.25) is 0 Å². The van der Waals surface area contributed by atoms with Crippen molar-refractivity contribution in [3.63, 3.8) is 0 Å². The average molecular weight is 793 g/mol. The SMILES string of the molecule is C1=CCC(c2ccccc2-c2nc(-c3ccccc3)nc(-c3ccc4c(ccc5oc6c(-n7c8cc9ccccc9cc8c8c9ccccc9ccc87)cccc6c54)c3)n2)C=C1. The summed E-state index contributed by atoms with van der Waals surface area (Å²) in [6.07, 6.45) is 9.66. The van der Waals surface area contributed by atoms with Gasteiger partial charge in [0.2, 0.25) is 0 Å². The first-order valence-electron chi connectivity index (χ1n) is 21.2. The Kier molecular flexibility index (Phi) is 7.66. The number of benzene rings is 9. The minimum absolute atomic E-state index is 0.250. The maximum Gasteiger partial charge on any atom is 0.164 e. The first-order chi connectivity index (χ1) is 30.7. The molecule has 290 valence electrons. The van der Waals surface area contributed by atoms with E-state index in [4.69, 9.17) is 19.4 Å². The fourth-order valence-electron chi connectivity index (χ4n) is 9.84. The van der Waals surface area contributed by atoms with E-state index in [1.165, 1.54) is 37.9 Å². The zero-order valence-electron chi connectivity index (χ0n) is 33.5. The van der Waals surface area contributed by atoms with Gasteiger partial charge in [0, 0.05) is 44.2 Å². The molecule has 5 nitrogen and oxygen atoms in total. The van der Waals surface area contributed by atoms with Gasteiger partial charge in [-0.15, -0.1) is 0 Å². The van der Waals surface area contributed by atoms with Gasteiger partial charge in [-0.05, 0) is 80.7 Å². The Hall–Kier alpha value is -8.15. The fourth-order valence-corrected chi connectivity index (χ4v) is 9.84. The standard InChI is InChI=1S/C57H36N4O/c1-3-14-35(15-4-1)42-21-11-12-23-45(42)57-59-55(37-17-5-2-6-18-37)58-56(60-57)41-26-29-44-40(32-41)28-31-51-53(44)46-24-13-25-49(54(46)62-51)61-48-30-27-36-16-9-10-22-43(36)52(48)47-33-38-19-7-8-20-39(38)34-50(47)61/h1-14,16-35H,15H2. The summed E-state index contributed by atoms with van der Waals surface area (Å²) >= 11 is 0. The van der Waals surface area contributed by atoms with E-state index in [9.17, 15) is 0 Å². The van der Waals surface area contributed by atoms with Gasteiger partial charge in [-0.3, -0.25) is 0 Å². The van der Waals surface area contributed by atoms with E-state index in [-0.39, 0.29) is 5.92 Å². The Morgan fingerprint density at radius 3 is 2.06 bits per heavy atom. The predicted molar refractivity (Wildman–Crippen MR) is 256 cm³/mol. The normalized spacial score (nSPS) is 14.1. The van der Waals surface area contributed by atoms with Crippen LogP contribution >= 0.6 is 0 Å². The quantitative estimate of drug-likeness (QED) is 0.174. The molecule has 1 atom stereocenters. The van der Waals surface area contributed by atoms with Crippen LogP contribution in [0, 0.1) is 0 Å². The zero-order chi connectivity index (χ0) is 40.7. The highest BCUT2D eigenvalue weighted by Gasteiger charge is 2.22. The summed E-state index contributed by atoms with van der Waals surface area (Å²) in [4.78, 5) is 15.4. The lowest BCUT2D eigenvalue weighted by atomic mass is 9.89. The van der Waals surface area contributed by atoms with Gasteiger partial charge in [-0.2, -0.15) is 0 Å². The van der Waals surface area contributed by atoms with Crippen molar-refractivity contribution in [2.75, 3.05) is 0 Å². The summed E-state index contributed by atoms with van der Waals surface area (Å²) in [6.45, 7) is 0. The molecule has 0 fully saturated rings. The molecule has 0 saturated carbocycles. The molecule has 1 aliphatic rings. The second kappa shape index (κ2) is 13.7. The maximum absolute atomic E-state index is 6.93. The number of aromatic nitrogens is 4. The van der Waals surface area contributed by atoms with E-state index in [0.717, 1.165) is 72.5 Å². The van der Waals surface area contributed by atoms with Crippen LogP contribution in [0.25, 0.3) is 116 Å². The second-order valence-electron chi connectivity index (χ2n) is 16.3. The van der Waals surface area contributed by atoms with E-state index < -0.39 is 0 Å². The maximum atomic E-state index is 6.93. The molecule has 3 heterocycles. The largest absolute Gasteiger partial charge is 0.454 e. The summed E-state index contributed by atoms with van der Waals surface area (Å²) in [7, 11) is 0. The van der Waals surface area contributed by atoms with E-state index >= 15 is 0 Å². The molecule has 13 rings (SSSR count). The molecule has 0 amide bonds. The van der Waals surface area contributed by atoms with Crippen LogP contribution < -0.4 is 0 Å². The molecule has 0 bridgehead atoms. The van der Waals surface area contributed by atoms with Crippen molar-refractivity contribution in [1.82, 2.24) is 19.5 Å². The monoisotopic (exact) mass is 792 g/mol. The Morgan fingerprint density at radius 2 is 1.19 bits per heavy atom. The molecule has 12 aromatic rings. The van der Waals surface area contributed by atoms with Crippen LogP contribution in [-0.4, -0.2) is 19.5 Å². The predicted octanol–water partition coefficient (Wildman–Crippen LogP) is 14.9. The van der Waals surface area contributed by atoms with Crippen LogP contribution in [0.5, 0.6) is 0 Å². The van der Waals surface area contributed by atoms with E-state index in [1.807, 2.05) is 18.2 Å². The Balaban J connectivity index is 0.997. The Morgan fingerprint density at radius 1 is 0.468 bits per heavy atom. The number of para-hydroxylation sites is 1. The topological polar surface area (TPSA) is 56.7 Å². The van der Waals surface area contributed by atoms with Gasteiger partial charge in [0.05, 0.1) is 16.7 Å². The van der Waals surface area contributed by atoms with Crippen molar-refractivity contribution in [2.45, 2.75) is 12.3 Å². The lowest BCUT2D eigenvalue weighted by Crippen LogP contribution is -2.04. The Bertz CT molecular complexity index is 3850. The Labute approximate surface area is 356 Å². The number of rotatable bonds is 5. The van der Waals surface area contributed by atoms with Crippen molar-refractivity contribution in [1.29, 1.82) is 0 Å². The molecule has 0 radical (unpaired) electrons. The van der Waals surface area contributed by atoms with Gasteiger partial charge in [0.1, 0.15) is 5.58 Å². The van der Waals surface area contributed by atoms with E-state index in [0.29, 0.717) is 17.5 Å². The lowest BCUT2D eigenvalue weighted by molar-refractivity contribution is 0.666. The zero-order valence-corrected chi connectivity index (χ0v) is 33.5. The third-order valence-corrected chi connectivity index (χ3v) is 12.7. The smallest absolute Gasteiger partial charge is 0.164 e. The molecule has 9 aromatic carbocycles. The number of hydrogen-bond acceptors (Lipinski definition) is 4. The highest BCUT2D eigenvalue weighted by Crippen LogP contribution is 2.43. The summed E-state index contributed by atoms with van der Waals surface area (Å²) in [6, 6.07) is 62.5. The number of allylic oxidation sites excluding steroid dienone is 4. The lowest BCUT2D eigenvalue weighted by Gasteiger charge is -2.18. The fraction of sp³-hybridized carbons (Fsp3) is 0.0351. The van der Waals surface area contributed by atoms with Gasteiger partial charge in [-0.25, -0.2) is 15.0 Å². The molecule has 1 unspecified atom stereocenters. The third kappa shape index (κ3) is 5.38. The number of hydrogen-bond donors (Lipinski definition) is 0. The molecule has 0 spiro atoms. The minimum Gasteiger partial charge on any atom is -0.454 e. The first-order valence-corrected chi connectivity index (χ1v) is 21.2. The molecule has 3 aromatic heterocycles. The van der Waals surface area contributed by atoms with Crippen molar-refractivity contribution < 1.29 is 4.42 Å².